The van der Waals surface area contributed by atoms with Crippen LogP contribution < -0.4 is 5.73 Å². The molecular weight excluding hydrogens is 500 g/mol. The summed E-state index contributed by atoms with van der Waals surface area (Å²) in [5.41, 5.74) is 8.43. The highest BCUT2D eigenvalue weighted by atomic mass is 32.2. The van der Waals surface area contributed by atoms with Gasteiger partial charge in [-0.15, -0.1) is 0 Å². The molecule has 5 rings (SSSR count). The standard InChI is InChI=1S/C26H27F2N5O3S/c1-14-7-15(8-22(29)26(14)34)19-5-6-30-12-16(19)9-24-31-13-17-3-4-23(32-33(17)24)25-20(27)10-18(11-21(25)28)37(2,35)36/h3-6,10-15,22,26,34H,7-9,29H2,1-2H3/t14-,15+,22+,26+/m0/s1. The fourth-order valence-electron chi connectivity index (χ4n) is 5.18. The lowest BCUT2D eigenvalue weighted by molar-refractivity contribution is 0.0519. The van der Waals surface area contributed by atoms with Gasteiger partial charge in [-0.05, 0) is 66.1 Å². The number of aliphatic hydroxyl groups excluding tert-OH is 1. The highest BCUT2D eigenvalue weighted by molar-refractivity contribution is 7.90. The molecule has 0 saturated heterocycles. The minimum atomic E-state index is -3.78. The van der Waals surface area contributed by atoms with Crippen molar-refractivity contribution in [1.29, 1.82) is 0 Å². The Bertz CT molecular complexity index is 1560. The van der Waals surface area contributed by atoms with Crippen LogP contribution in [0.1, 0.15) is 42.6 Å². The zero-order chi connectivity index (χ0) is 26.5. The third-order valence-corrected chi connectivity index (χ3v) is 8.21. The number of hydrogen-bond acceptors (Lipinski definition) is 7. The molecule has 0 unspecified atom stereocenters. The number of fused-ring (bicyclic) bond motifs is 1. The molecule has 8 nitrogen and oxygen atoms in total. The van der Waals surface area contributed by atoms with Gasteiger partial charge in [-0.2, -0.15) is 5.10 Å². The summed E-state index contributed by atoms with van der Waals surface area (Å²) < 4.78 is 54.7. The minimum Gasteiger partial charge on any atom is -0.391 e. The monoisotopic (exact) mass is 527 g/mol. The average molecular weight is 528 g/mol. The third kappa shape index (κ3) is 4.86. The SMILES string of the molecule is C[C@H]1C[C@@H](c2ccncc2Cc2ncc3ccc(-c4c(F)cc(S(C)(=O)=O)cc4F)nn23)C[C@@H](N)[C@@H]1O. The van der Waals surface area contributed by atoms with Crippen LogP contribution >= 0.6 is 0 Å². The molecule has 1 aromatic carbocycles. The molecule has 0 bridgehead atoms. The summed E-state index contributed by atoms with van der Waals surface area (Å²) in [5, 5.41) is 14.7. The zero-order valence-electron chi connectivity index (χ0n) is 20.3. The van der Waals surface area contributed by atoms with E-state index in [-0.39, 0.29) is 23.6 Å². The summed E-state index contributed by atoms with van der Waals surface area (Å²) in [6.07, 6.45) is 7.28. The summed E-state index contributed by atoms with van der Waals surface area (Å²) in [5.74, 6) is -1.28. The molecule has 4 aromatic rings. The topological polar surface area (TPSA) is 123 Å². The molecule has 0 spiro atoms. The molecule has 3 aromatic heterocycles. The molecule has 3 N–H and O–H groups in total. The second-order valence-corrected chi connectivity index (χ2v) is 11.8. The van der Waals surface area contributed by atoms with E-state index in [1.807, 2.05) is 13.0 Å². The van der Waals surface area contributed by atoms with Gasteiger partial charge in [0.1, 0.15) is 17.5 Å². The van der Waals surface area contributed by atoms with Crippen LogP contribution in [0.3, 0.4) is 0 Å². The van der Waals surface area contributed by atoms with Gasteiger partial charge in [0.25, 0.3) is 0 Å². The molecule has 1 aliphatic carbocycles. The molecule has 4 atom stereocenters. The van der Waals surface area contributed by atoms with Crippen LogP contribution in [0.5, 0.6) is 0 Å². The maximum atomic E-state index is 14.8. The smallest absolute Gasteiger partial charge is 0.175 e. The molecule has 1 fully saturated rings. The van der Waals surface area contributed by atoms with Gasteiger partial charge in [0.15, 0.2) is 9.84 Å². The van der Waals surface area contributed by atoms with E-state index in [0.29, 0.717) is 24.2 Å². The second-order valence-electron chi connectivity index (χ2n) is 9.82. The van der Waals surface area contributed by atoms with Gasteiger partial charge >= 0.3 is 0 Å². The summed E-state index contributed by atoms with van der Waals surface area (Å²) in [6.45, 7) is 1.99. The van der Waals surface area contributed by atoms with Gasteiger partial charge in [0, 0.05) is 31.1 Å². The van der Waals surface area contributed by atoms with E-state index < -0.39 is 38.0 Å². The number of aromatic nitrogens is 4. The van der Waals surface area contributed by atoms with E-state index >= 15 is 0 Å². The van der Waals surface area contributed by atoms with Crippen LogP contribution in [0.2, 0.25) is 0 Å². The number of aliphatic hydroxyl groups is 1. The number of nitrogens with zero attached hydrogens (tertiary/aromatic N) is 4. The van der Waals surface area contributed by atoms with Gasteiger partial charge in [0.2, 0.25) is 0 Å². The first-order valence-corrected chi connectivity index (χ1v) is 13.8. The molecule has 0 aliphatic heterocycles. The molecule has 1 saturated carbocycles. The molecule has 11 heteroatoms. The van der Waals surface area contributed by atoms with Gasteiger partial charge < -0.3 is 10.8 Å². The number of nitrogens with two attached hydrogens (primary N) is 1. The molecule has 37 heavy (non-hydrogen) atoms. The van der Waals surface area contributed by atoms with Crippen LogP contribution in [0.25, 0.3) is 16.8 Å². The van der Waals surface area contributed by atoms with E-state index in [0.717, 1.165) is 35.9 Å². The molecule has 194 valence electrons. The Labute approximate surface area is 213 Å². The van der Waals surface area contributed by atoms with Crippen molar-refractivity contribution in [3.8, 4) is 11.3 Å². The Balaban J connectivity index is 1.51. The van der Waals surface area contributed by atoms with Crippen molar-refractivity contribution in [2.75, 3.05) is 6.26 Å². The van der Waals surface area contributed by atoms with E-state index in [1.54, 1.807) is 24.7 Å². The summed E-state index contributed by atoms with van der Waals surface area (Å²) in [6, 6.07) is 6.35. The number of pyridine rings is 1. The molecule has 3 heterocycles. The average Bonchev–Trinajstić information content (AvgIpc) is 3.23. The largest absolute Gasteiger partial charge is 0.391 e. The number of hydrogen-bond donors (Lipinski definition) is 2. The number of benzene rings is 1. The first-order chi connectivity index (χ1) is 17.5. The Morgan fingerprint density at radius 2 is 1.86 bits per heavy atom. The lowest BCUT2D eigenvalue weighted by atomic mass is 9.74. The van der Waals surface area contributed by atoms with Crippen molar-refractivity contribution in [3.63, 3.8) is 0 Å². The maximum absolute atomic E-state index is 14.8. The number of halogens is 2. The van der Waals surface area contributed by atoms with Gasteiger partial charge in [-0.1, -0.05) is 6.92 Å². The van der Waals surface area contributed by atoms with Crippen molar-refractivity contribution in [2.24, 2.45) is 11.7 Å². The Kier molecular flexibility index (Phi) is 6.55. The predicted octanol–water partition coefficient (Wildman–Crippen LogP) is 3.27. The number of rotatable bonds is 5. The summed E-state index contributed by atoms with van der Waals surface area (Å²) >= 11 is 0. The second kappa shape index (κ2) is 9.55. The Morgan fingerprint density at radius 1 is 1.14 bits per heavy atom. The molecule has 1 aliphatic rings. The van der Waals surface area contributed by atoms with Crippen LogP contribution in [0.15, 0.2) is 53.8 Å². The fourth-order valence-corrected chi connectivity index (χ4v) is 5.81. The summed E-state index contributed by atoms with van der Waals surface area (Å²) in [4.78, 5) is 8.33. The van der Waals surface area contributed by atoms with E-state index in [1.165, 1.54) is 10.6 Å². The van der Waals surface area contributed by atoms with Crippen molar-refractivity contribution >= 4 is 15.4 Å². The molecule has 0 radical (unpaired) electrons. The van der Waals surface area contributed by atoms with Crippen molar-refractivity contribution in [1.82, 2.24) is 19.6 Å². The van der Waals surface area contributed by atoms with Crippen molar-refractivity contribution < 1.29 is 22.3 Å². The van der Waals surface area contributed by atoms with Crippen LogP contribution in [0.4, 0.5) is 8.78 Å². The zero-order valence-corrected chi connectivity index (χ0v) is 21.2. The fraction of sp³-hybridized carbons (Fsp3) is 0.346. The van der Waals surface area contributed by atoms with E-state index in [2.05, 4.69) is 15.1 Å². The normalized spacial score (nSPS) is 22.4. The molecular formula is C26H27F2N5O3S. The van der Waals surface area contributed by atoms with Gasteiger partial charge in [-0.25, -0.2) is 26.7 Å². The highest BCUT2D eigenvalue weighted by Gasteiger charge is 2.33. The maximum Gasteiger partial charge on any atom is 0.175 e. The first kappa shape index (κ1) is 25.4. The minimum absolute atomic E-state index is 0.00859. The number of sulfone groups is 1. The Hall–Kier alpha value is -3.28. The first-order valence-electron chi connectivity index (χ1n) is 11.9. The van der Waals surface area contributed by atoms with E-state index in [9.17, 15) is 22.3 Å². The van der Waals surface area contributed by atoms with Crippen molar-refractivity contribution in [3.05, 3.63) is 77.5 Å². The molecule has 0 amide bonds. The number of imidazole rings is 1. The van der Waals surface area contributed by atoms with Crippen LogP contribution in [-0.4, -0.2) is 51.5 Å². The summed E-state index contributed by atoms with van der Waals surface area (Å²) in [7, 11) is -3.78. The lowest BCUT2D eigenvalue weighted by Gasteiger charge is -2.36. The third-order valence-electron chi connectivity index (χ3n) is 7.12. The van der Waals surface area contributed by atoms with Crippen LogP contribution in [0, 0.1) is 17.6 Å². The van der Waals surface area contributed by atoms with E-state index in [4.69, 9.17) is 5.73 Å². The van der Waals surface area contributed by atoms with Gasteiger partial charge in [0.05, 0.1) is 34.0 Å². The van der Waals surface area contributed by atoms with Crippen LogP contribution in [-0.2, 0) is 16.3 Å². The highest BCUT2D eigenvalue weighted by Crippen LogP contribution is 2.37. The van der Waals surface area contributed by atoms with Crippen molar-refractivity contribution in [2.45, 2.75) is 49.1 Å². The van der Waals surface area contributed by atoms with Gasteiger partial charge in [-0.3, -0.25) is 4.98 Å². The Morgan fingerprint density at radius 3 is 2.54 bits per heavy atom. The quantitative estimate of drug-likeness (QED) is 0.408. The predicted molar refractivity (Wildman–Crippen MR) is 134 cm³/mol. The lowest BCUT2D eigenvalue weighted by Crippen LogP contribution is -2.44.